The van der Waals surface area contributed by atoms with Crippen molar-refractivity contribution in [2.45, 2.75) is 19.5 Å². The topological polar surface area (TPSA) is 55.0 Å². The van der Waals surface area contributed by atoms with Crippen LogP contribution in [-0.2, 0) is 0 Å². The number of alkyl halides is 3. The zero-order valence-corrected chi connectivity index (χ0v) is 10.6. The van der Waals surface area contributed by atoms with Crippen molar-refractivity contribution >= 4 is 23.0 Å². The first-order valence-corrected chi connectivity index (χ1v) is 5.68. The number of hydrogen-bond donors (Lipinski definition) is 1. The van der Waals surface area contributed by atoms with E-state index in [0.29, 0.717) is 6.42 Å². The van der Waals surface area contributed by atoms with Gasteiger partial charge in [0.15, 0.2) is 0 Å². The predicted octanol–water partition coefficient (Wildman–Crippen LogP) is 1.89. The van der Waals surface area contributed by atoms with Crippen molar-refractivity contribution in [1.29, 1.82) is 0 Å². The fourth-order valence-corrected chi connectivity index (χ4v) is 1.48. The molecule has 0 amide bonds. The van der Waals surface area contributed by atoms with Gasteiger partial charge in [-0.05, 0) is 6.42 Å². The van der Waals surface area contributed by atoms with Crippen LogP contribution in [0.2, 0.25) is 0 Å². The molecule has 0 atom stereocenters. The first kappa shape index (κ1) is 14.6. The van der Waals surface area contributed by atoms with Crippen molar-refractivity contribution in [1.82, 2.24) is 9.97 Å². The van der Waals surface area contributed by atoms with Crippen LogP contribution >= 0.6 is 12.2 Å². The highest BCUT2D eigenvalue weighted by molar-refractivity contribution is 7.80. The van der Waals surface area contributed by atoms with E-state index in [9.17, 15) is 13.2 Å². The Balaban J connectivity index is 2.88. The van der Waals surface area contributed by atoms with Crippen LogP contribution in [0.4, 0.5) is 19.0 Å². The van der Waals surface area contributed by atoms with E-state index in [1.165, 1.54) is 12.4 Å². The van der Waals surface area contributed by atoms with Crippen LogP contribution in [0.1, 0.15) is 19.0 Å². The van der Waals surface area contributed by atoms with Gasteiger partial charge in [0.1, 0.15) is 23.0 Å². The summed E-state index contributed by atoms with van der Waals surface area (Å²) in [4.78, 5) is 8.96. The molecule has 0 unspecified atom stereocenters. The zero-order chi connectivity index (χ0) is 13.8. The maximum Gasteiger partial charge on any atom is 0.405 e. The van der Waals surface area contributed by atoms with Crippen LogP contribution in [0.15, 0.2) is 12.4 Å². The Kier molecular flexibility index (Phi) is 4.83. The van der Waals surface area contributed by atoms with Crippen molar-refractivity contribution in [2.24, 2.45) is 5.73 Å². The molecule has 0 radical (unpaired) electrons. The number of thiocarbonyl (C=S) groups is 1. The van der Waals surface area contributed by atoms with Gasteiger partial charge in [-0.3, -0.25) is 0 Å². The standard InChI is InChI=1S/C10H13F3N4S/c1-2-3-17(6-10(11,12)13)8-5-15-7(4-16-8)9(14)18/h4-5H,2-3,6H2,1H3,(H2,14,18). The highest BCUT2D eigenvalue weighted by Gasteiger charge is 2.31. The van der Waals surface area contributed by atoms with E-state index in [2.05, 4.69) is 9.97 Å². The summed E-state index contributed by atoms with van der Waals surface area (Å²) < 4.78 is 37.2. The Morgan fingerprint density at radius 3 is 2.44 bits per heavy atom. The van der Waals surface area contributed by atoms with Crippen LogP contribution in [-0.4, -0.2) is 34.2 Å². The first-order chi connectivity index (χ1) is 8.33. The fourth-order valence-electron chi connectivity index (χ4n) is 1.37. The van der Waals surface area contributed by atoms with Gasteiger partial charge in [0.2, 0.25) is 0 Å². The maximum absolute atomic E-state index is 12.4. The van der Waals surface area contributed by atoms with Gasteiger partial charge in [0, 0.05) is 6.54 Å². The highest BCUT2D eigenvalue weighted by Crippen LogP contribution is 2.20. The lowest BCUT2D eigenvalue weighted by Gasteiger charge is -2.24. The Labute approximate surface area is 108 Å². The molecular formula is C10H13F3N4S. The summed E-state index contributed by atoms with van der Waals surface area (Å²) in [6, 6.07) is 0. The number of anilines is 1. The normalized spacial score (nSPS) is 11.3. The second kappa shape index (κ2) is 5.94. The molecule has 4 nitrogen and oxygen atoms in total. The minimum atomic E-state index is -4.28. The monoisotopic (exact) mass is 278 g/mol. The molecule has 1 aromatic rings. The summed E-state index contributed by atoms with van der Waals surface area (Å²) >= 11 is 4.69. The lowest BCUT2D eigenvalue weighted by molar-refractivity contribution is -0.119. The average molecular weight is 278 g/mol. The van der Waals surface area contributed by atoms with Gasteiger partial charge in [-0.25, -0.2) is 9.97 Å². The van der Waals surface area contributed by atoms with Gasteiger partial charge in [0.25, 0.3) is 0 Å². The van der Waals surface area contributed by atoms with Crippen LogP contribution in [0.25, 0.3) is 0 Å². The van der Waals surface area contributed by atoms with E-state index in [4.69, 9.17) is 18.0 Å². The number of hydrogen-bond acceptors (Lipinski definition) is 4. The molecule has 0 saturated carbocycles. The third-order valence-corrected chi connectivity index (χ3v) is 2.29. The van der Waals surface area contributed by atoms with Crippen LogP contribution in [0.5, 0.6) is 0 Å². The number of nitrogens with zero attached hydrogens (tertiary/aromatic N) is 3. The van der Waals surface area contributed by atoms with Gasteiger partial charge in [-0.15, -0.1) is 0 Å². The quantitative estimate of drug-likeness (QED) is 0.834. The molecule has 0 fully saturated rings. The van der Waals surface area contributed by atoms with Crippen molar-refractivity contribution in [3.05, 3.63) is 18.1 Å². The van der Waals surface area contributed by atoms with E-state index in [1.807, 2.05) is 0 Å². The summed E-state index contributed by atoms with van der Waals surface area (Å²) in [6.45, 7) is 0.989. The molecule has 1 rings (SSSR count). The van der Waals surface area contributed by atoms with Gasteiger partial charge in [0.05, 0.1) is 12.4 Å². The summed E-state index contributed by atoms with van der Waals surface area (Å²) in [5.41, 5.74) is 5.62. The van der Waals surface area contributed by atoms with Crippen molar-refractivity contribution in [3.63, 3.8) is 0 Å². The molecule has 0 spiro atoms. The number of aromatic nitrogens is 2. The number of nitrogens with two attached hydrogens (primary N) is 1. The van der Waals surface area contributed by atoms with Gasteiger partial charge in [-0.2, -0.15) is 13.2 Å². The number of rotatable bonds is 5. The summed E-state index contributed by atoms with van der Waals surface area (Å²) in [6.07, 6.45) is -1.18. The van der Waals surface area contributed by atoms with Gasteiger partial charge in [-0.1, -0.05) is 19.1 Å². The van der Waals surface area contributed by atoms with Crippen LogP contribution in [0, 0.1) is 0 Å². The zero-order valence-electron chi connectivity index (χ0n) is 9.74. The first-order valence-electron chi connectivity index (χ1n) is 5.27. The smallest absolute Gasteiger partial charge is 0.388 e. The van der Waals surface area contributed by atoms with E-state index in [1.54, 1.807) is 6.92 Å². The van der Waals surface area contributed by atoms with Crippen molar-refractivity contribution < 1.29 is 13.2 Å². The van der Waals surface area contributed by atoms with E-state index in [-0.39, 0.29) is 23.0 Å². The van der Waals surface area contributed by atoms with E-state index >= 15 is 0 Å². The molecule has 1 heterocycles. The Bertz CT molecular complexity index is 405. The molecule has 0 aliphatic rings. The molecule has 2 N–H and O–H groups in total. The Morgan fingerprint density at radius 2 is 2.06 bits per heavy atom. The molecule has 0 saturated heterocycles. The third-order valence-electron chi connectivity index (χ3n) is 2.08. The van der Waals surface area contributed by atoms with E-state index in [0.717, 1.165) is 4.90 Å². The molecule has 0 aliphatic carbocycles. The molecule has 18 heavy (non-hydrogen) atoms. The van der Waals surface area contributed by atoms with Crippen molar-refractivity contribution in [3.8, 4) is 0 Å². The summed E-state index contributed by atoms with van der Waals surface area (Å²) in [5, 5.41) is 0. The lowest BCUT2D eigenvalue weighted by atomic mass is 10.3. The summed E-state index contributed by atoms with van der Waals surface area (Å²) in [7, 11) is 0. The molecule has 1 aromatic heterocycles. The predicted molar refractivity (Wildman–Crippen MR) is 66.5 cm³/mol. The third kappa shape index (κ3) is 4.44. The van der Waals surface area contributed by atoms with Crippen LogP contribution < -0.4 is 10.6 Å². The highest BCUT2D eigenvalue weighted by atomic mass is 32.1. The Hall–Kier alpha value is -1.44. The minimum absolute atomic E-state index is 0.0620. The molecule has 100 valence electrons. The second-order valence-electron chi connectivity index (χ2n) is 3.66. The lowest BCUT2D eigenvalue weighted by Crippen LogP contribution is -2.35. The average Bonchev–Trinajstić information content (AvgIpc) is 2.27. The summed E-state index contributed by atoms with van der Waals surface area (Å²) in [5.74, 6) is 0.161. The molecule has 0 aliphatic heterocycles. The molecular weight excluding hydrogens is 265 g/mol. The molecule has 8 heteroatoms. The molecule has 0 bridgehead atoms. The minimum Gasteiger partial charge on any atom is -0.388 e. The maximum atomic E-state index is 12.4. The van der Waals surface area contributed by atoms with E-state index < -0.39 is 12.7 Å². The fraction of sp³-hybridized carbons (Fsp3) is 0.500. The Morgan fingerprint density at radius 1 is 1.39 bits per heavy atom. The second-order valence-corrected chi connectivity index (χ2v) is 4.10. The molecule has 0 aromatic carbocycles. The number of halogens is 3. The van der Waals surface area contributed by atoms with Crippen molar-refractivity contribution in [2.75, 3.05) is 18.0 Å². The van der Waals surface area contributed by atoms with Crippen LogP contribution in [0.3, 0.4) is 0 Å². The van der Waals surface area contributed by atoms with Gasteiger partial charge >= 0.3 is 6.18 Å². The largest absolute Gasteiger partial charge is 0.405 e. The van der Waals surface area contributed by atoms with Gasteiger partial charge < -0.3 is 10.6 Å². The SMILES string of the molecule is CCCN(CC(F)(F)F)c1cnc(C(N)=S)cn1.